The number of aliphatic hydroxyl groups excluding tert-OH is 1. The van der Waals surface area contributed by atoms with Gasteiger partial charge in [-0.2, -0.15) is 0 Å². The Kier molecular flexibility index (Phi) is 4.66. The summed E-state index contributed by atoms with van der Waals surface area (Å²) in [6, 6.07) is 6.79. The molecule has 0 fully saturated rings. The minimum absolute atomic E-state index is 0.125. The highest BCUT2D eigenvalue weighted by Crippen LogP contribution is 2.10. The van der Waals surface area contributed by atoms with Crippen LogP contribution in [0.1, 0.15) is 36.2 Å². The number of aromatic carboxylic acids is 1. The fourth-order valence-electron chi connectivity index (χ4n) is 1.47. The van der Waals surface area contributed by atoms with Crippen LogP contribution < -0.4 is 5.32 Å². The first-order chi connectivity index (χ1) is 7.94. The Morgan fingerprint density at radius 3 is 2.35 bits per heavy atom. The summed E-state index contributed by atoms with van der Waals surface area (Å²) < 4.78 is 0. The summed E-state index contributed by atoms with van der Waals surface area (Å²) in [7, 11) is 0. The number of carboxylic acid groups (broad SMARTS) is 1. The number of carboxylic acids is 1. The van der Waals surface area contributed by atoms with Gasteiger partial charge in [-0.3, -0.25) is 0 Å². The summed E-state index contributed by atoms with van der Waals surface area (Å²) >= 11 is 0. The maximum atomic E-state index is 10.7. The monoisotopic (exact) mass is 237 g/mol. The molecule has 4 heteroatoms. The quantitative estimate of drug-likeness (QED) is 0.703. The molecule has 0 saturated heterocycles. The van der Waals surface area contributed by atoms with Crippen LogP contribution in [0.15, 0.2) is 24.3 Å². The van der Waals surface area contributed by atoms with E-state index in [2.05, 4.69) is 5.32 Å². The van der Waals surface area contributed by atoms with Crippen LogP contribution in [0.5, 0.6) is 0 Å². The SMILES string of the molecule is CC(C)(CCO)NCc1ccc(C(=O)O)cc1. The number of nitrogens with one attached hydrogen (secondary N) is 1. The number of carbonyl (C=O) groups is 1. The third-order valence-corrected chi connectivity index (χ3v) is 2.71. The molecule has 4 nitrogen and oxygen atoms in total. The van der Waals surface area contributed by atoms with Gasteiger partial charge in [0.25, 0.3) is 0 Å². The summed E-state index contributed by atoms with van der Waals surface area (Å²) in [6.45, 7) is 4.86. The van der Waals surface area contributed by atoms with Crippen molar-refractivity contribution in [3.8, 4) is 0 Å². The molecule has 0 heterocycles. The first-order valence-corrected chi connectivity index (χ1v) is 5.63. The number of aliphatic hydroxyl groups is 1. The lowest BCUT2D eigenvalue weighted by molar-refractivity contribution is 0.0697. The number of rotatable bonds is 6. The molecule has 0 aliphatic rings. The van der Waals surface area contributed by atoms with Crippen molar-refractivity contribution in [3.05, 3.63) is 35.4 Å². The summed E-state index contributed by atoms with van der Waals surface area (Å²) in [5.41, 5.74) is 1.20. The molecule has 0 atom stereocenters. The predicted octanol–water partition coefficient (Wildman–Crippen LogP) is 1.64. The molecule has 0 aliphatic heterocycles. The van der Waals surface area contributed by atoms with E-state index in [1.54, 1.807) is 24.3 Å². The van der Waals surface area contributed by atoms with Crippen molar-refractivity contribution in [1.29, 1.82) is 0 Å². The van der Waals surface area contributed by atoms with E-state index in [0.717, 1.165) is 5.56 Å². The van der Waals surface area contributed by atoms with Crippen molar-refractivity contribution in [3.63, 3.8) is 0 Å². The fourth-order valence-corrected chi connectivity index (χ4v) is 1.47. The zero-order valence-corrected chi connectivity index (χ0v) is 10.2. The van der Waals surface area contributed by atoms with Crippen LogP contribution in [0.3, 0.4) is 0 Å². The smallest absolute Gasteiger partial charge is 0.335 e. The van der Waals surface area contributed by atoms with E-state index < -0.39 is 5.97 Å². The summed E-state index contributed by atoms with van der Waals surface area (Å²) in [5.74, 6) is -0.912. The van der Waals surface area contributed by atoms with Crippen LogP contribution in [0, 0.1) is 0 Å². The lowest BCUT2D eigenvalue weighted by Crippen LogP contribution is -2.39. The first-order valence-electron chi connectivity index (χ1n) is 5.63. The van der Waals surface area contributed by atoms with E-state index in [-0.39, 0.29) is 12.1 Å². The molecule has 0 unspecified atom stereocenters. The lowest BCUT2D eigenvalue weighted by Gasteiger charge is -2.25. The van der Waals surface area contributed by atoms with Crippen molar-refractivity contribution in [1.82, 2.24) is 5.32 Å². The van der Waals surface area contributed by atoms with Crippen molar-refractivity contribution >= 4 is 5.97 Å². The minimum Gasteiger partial charge on any atom is -0.478 e. The molecule has 17 heavy (non-hydrogen) atoms. The summed E-state index contributed by atoms with van der Waals surface area (Å²) in [4.78, 5) is 10.7. The standard InChI is InChI=1S/C13H19NO3/c1-13(2,7-8-15)14-9-10-3-5-11(6-4-10)12(16)17/h3-6,14-15H,7-9H2,1-2H3,(H,16,17). The van der Waals surface area contributed by atoms with Crippen LogP contribution in [0.4, 0.5) is 0 Å². The van der Waals surface area contributed by atoms with Gasteiger partial charge in [-0.25, -0.2) is 4.79 Å². The Morgan fingerprint density at radius 2 is 1.88 bits per heavy atom. The molecule has 1 rings (SSSR count). The molecule has 1 aromatic carbocycles. The van der Waals surface area contributed by atoms with Gasteiger partial charge >= 0.3 is 5.97 Å². The zero-order chi connectivity index (χ0) is 12.9. The number of hydrogen-bond acceptors (Lipinski definition) is 3. The van der Waals surface area contributed by atoms with E-state index in [9.17, 15) is 4.79 Å². The maximum Gasteiger partial charge on any atom is 0.335 e. The molecule has 0 radical (unpaired) electrons. The van der Waals surface area contributed by atoms with Crippen LogP contribution in [-0.4, -0.2) is 28.3 Å². The maximum absolute atomic E-state index is 10.7. The second kappa shape index (κ2) is 5.80. The molecule has 0 aromatic heterocycles. The van der Waals surface area contributed by atoms with E-state index in [4.69, 9.17) is 10.2 Å². The van der Waals surface area contributed by atoms with Crippen molar-refractivity contribution < 1.29 is 15.0 Å². The highest BCUT2D eigenvalue weighted by atomic mass is 16.4. The van der Waals surface area contributed by atoms with Gasteiger partial charge in [0.05, 0.1) is 5.56 Å². The third kappa shape index (κ3) is 4.54. The van der Waals surface area contributed by atoms with Gasteiger partial charge in [0.2, 0.25) is 0 Å². The zero-order valence-electron chi connectivity index (χ0n) is 10.2. The van der Waals surface area contributed by atoms with Crippen molar-refractivity contribution in [2.45, 2.75) is 32.4 Å². The molecule has 0 bridgehead atoms. The molecule has 0 saturated carbocycles. The minimum atomic E-state index is -0.912. The van der Waals surface area contributed by atoms with Crippen LogP contribution in [0.2, 0.25) is 0 Å². The van der Waals surface area contributed by atoms with Crippen molar-refractivity contribution in [2.75, 3.05) is 6.61 Å². The van der Waals surface area contributed by atoms with Gasteiger partial charge in [-0.1, -0.05) is 12.1 Å². The Balaban J connectivity index is 2.55. The highest BCUT2D eigenvalue weighted by Gasteiger charge is 2.15. The van der Waals surface area contributed by atoms with Gasteiger partial charge in [0.15, 0.2) is 0 Å². The van der Waals surface area contributed by atoms with Gasteiger partial charge in [-0.05, 0) is 38.0 Å². The number of benzene rings is 1. The van der Waals surface area contributed by atoms with Gasteiger partial charge < -0.3 is 15.5 Å². The molecular formula is C13H19NO3. The summed E-state index contributed by atoms with van der Waals surface area (Å²) in [6.07, 6.45) is 0.681. The molecule has 0 amide bonds. The topological polar surface area (TPSA) is 69.6 Å². The highest BCUT2D eigenvalue weighted by molar-refractivity contribution is 5.87. The second-order valence-electron chi connectivity index (χ2n) is 4.71. The Bertz CT molecular complexity index is 371. The Labute approximate surface area is 101 Å². The first kappa shape index (κ1) is 13.7. The fraction of sp³-hybridized carbons (Fsp3) is 0.462. The average Bonchev–Trinajstić information content (AvgIpc) is 2.27. The third-order valence-electron chi connectivity index (χ3n) is 2.71. The molecule has 1 aromatic rings. The largest absolute Gasteiger partial charge is 0.478 e. The van der Waals surface area contributed by atoms with E-state index in [0.29, 0.717) is 18.5 Å². The lowest BCUT2D eigenvalue weighted by atomic mass is 10.0. The summed E-state index contributed by atoms with van der Waals surface area (Å²) in [5, 5.41) is 21.0. The van der Waals surface area contributed by atoms with Crippen LogP contribution >= 0.6 is 0 Å². The average molecular weight is 237 g/mol. The van der Waals surface area contributed by atoms with Crippen molar-refractivity contribution in [2.24, 2.45) is 0 Å². The van der Waals surface area contributed by atoms with Gasteiger partial charge in [-0.15, -0.1) is 0 Å². The molecule has 0 aliphatic carbocycles. The van der Waals surface area contributed by atoms with E-state index >= 15 is 0 Å². The molecule has 0 spiro atoms. The van der Waals surface area contributed by atoms with Gasteiger partial charge in [0.1, 0.15) is 0 Å². The normalized spacial score (nSPS) is 11.5. The molecule has 94 valence electrons. The van der Waals surface area contributed by atoms with Crippen LogP contribution in [-0.2, 0) is 6.54 Å². The van der Waals surface area contributed by atoms with E-state index in [1.807, 2.05) is 13.8 Å². The van der Waals surface area contributed by atoms with Gasteiger partial charge in [0, 0.05) is 18.7 Å². The predicted molar refractivity (Wildman–Crippen MR) is 66.0 cm³/mol. The number of hydrogen-bond donors (Lipinski definition) is 3. The van der Waals surface area contributed by atoms with E-state index in [1.165, 1.54) is 0 Å². The van der Waals surface area contributed by atoms with Crippen LogP contribution in [0.25, 0.3) is 0 Å². The molecular weight excluding hydrogens is 218 g/mol. The Hall–Kier alpha value is -1.39. The molecule has 3 N–H and O–H groups in total. The second-order valence-corrected chi connectivity index (χ2v) is 4.71. The Morgan fingerprint density at radius 1 is 1.29 bits per heavy atom.